The highest BCUT2D eigenvalue weighted by Crippen LogP contribution is 2.68. The van der Waals surface area contributed by atoms with Crippen molar-refractivity contribution in [1.82, 2.24) is 0 Å². The molecule has 1 unspecified atom stereocenters. The van der Waals surface area contributed by atoms with E-state index >= 15 is 0 Å². The number of carbonyl (C=O) groups is 1. The van der Waals surface area contributed by atoms with Crippen molar-refractivity contribution >= 4 is 5.97 Å². The molecular formula is C24H40O2. The van der Waals surface area contributed by atoms with Crippen molar-refractivity contribution in [2.24, 2.45) is 46.3 Å². The van der Waals surface area contributed by atoms with E-state index < -0.39 is 5.97 Å². The number of carboxylic acids is 1. The molecule has 0 aromatic rings. The Morgan fingerprint density at radius 3 is 2.50 bits per heavy atom. The van der Waals surface area contributed by atoms with Gasteiger partial charge in [-0.25, -0.2) is 0 Å². The highest BCUT2D eigenvalue weighted by atomic mass is 16.4. The summed E-state index contributed by atoms with van der Waals surface area (Å²) < 4.78 is 0. The summed E-state index contributed by atoms with van der Waals surface area (Å²) in [6.45, 7) is 7.60. The zero-order chi connectivity index (χ0) is 18.5. The normalized spacial score (nSPS) is 49.0. The summed E-state index contributed by atoms with van der Waals surface area (Å²) in [7, 11) is 0. The molecule has 0 radical (unpaired) electrons. The number of aliphatic carboxylic acids is 1. The summed E-state index contributed by atoms with van der Waals surface area (Å²) >= 11 is 0. The predicted molar refractivity (Wildman–Crippen MR) is 106 cm³/mol. The molecule has 2 heteroatoms. The number of hydrogen-bond acceptors (Lipinski definition) is 1. The first-order valence-corrected chi connectivity index (χ1v) is 11.6. The van der Waals surface area contributed by atoms with E-state index in [9.17, 15) is 4.79 Å². The first kappa shape index (κ1) is 18.8. The van der Waals surface area contributed by atoms with Crippen molar-refractivity contribution in [3.8, 4) is 0 Å². The summed E-state index contributed by atoms with van der Waals surface area (Å²) in [4.78, 5) is 11.0. The average molecular weight is 361 g/mol. The van der Waals surface area contributed by atoms with Gasteiger partial charge >= 0.3 is 5.97 Å². The van der Waals surface area contributed by atoms with Crippen LogP contribution in [0.2, 0.25) is 0 Å². The van der Waals surface area contributed by atoms with Crippen LogP contribution in [-0.4, -0.2) is 11.1 Å². The van der Waals surface area contributed by atoms with Crippen LogP contribution in [0.1, 0.15) is 97.8 Å². The third-order valence-corrected chi connectivity index (χ3v) is 10.2. The van der Waals surface area contributed by atoms with Crippen molar-refractivity contribution in [3.63, 3.8) is 0 Å². The Bertz CT molecular complexity index is 542. The van der Waals surface area contributed by atoms with E-state index in [1.54, 1.807) is 0 Å². The van der Waals surface area contributed by atoms with Gasteiger partial charge in [-0.05, 0) is 104 Å². The van der Waals surface area contributed by atoms with E-state index in [-0.39, 0.29) is 0 Å². The van der Waals surface area contributed by atoms with Crippen LogP contribution in [0.25, 0.3) is 0 Å². The van der Waals surface area contributed by atoms with E-state index in [4.69, 9.17) is 5.11 Å². The zero-order valence-electron chi connectivity index (χ0n) is 17.3. The van der Waals surface area contributed by atoms with Gasteiger partial charge in [-0.15, -0.1) is 0 Å². The van der Waals surface area contributed by atoms with Crippen molar-refractivity contribution in [2.75, 3.05) is 0 Å². The topological polar surface area (TPSA) is 37.3 Å². The van der Waals surface area contributed by atoms with Crippen LogP contribution in [0.3, 0.4) is 0 Å². The lowest BCUT2D eigenvalue weighted by Crippen LogP contribution is -2.53. The van der Waals surface area contributed by atoms with Crippen LogP contribution in [0.4, 0.5) is 0 Å². The number of carboxylic acid groups (broad SMARTS) is 1. The maximum absolute atomic E-state index is 11.0. The Kier molecular flexibility index (Phi) is 4.93. The number of hydrogen-bond donors (Lipinski definition) is 1. The summed E-state index contributed by atoms with van der Waals surface area (Å²) in [6, 6.07) is 0. The Labute approximate surface area is 160 Å². The van der Waals surface area contributed by atoms with Gasteiger partial charge in [0.2, 0.25) is 0 Å². The van der Waals surface area contributed by atoms with Crippen LogP contribution in [-0.2, 0) is 4.79 Å². The lowest BCUT2D eigenvalue weighted by molar-refractivity contribution is -0.137. The van der Waals surface area contributed by atoms with E-state index in [1.165, 1.54) is 64.2 Å². The average Bonchev–Trinajstić information content (AvgIpc) is 2.96. The van der Waals surface area contributed by atoms with Crippen molar-refractivity contribution in [3.05, 3.63) is 0 Å². The minimum atomic E-state index is -0.621. The van der Waals surface area contributed by atoms with Gasteiger partial charge in [0.15, 0.2) is 0 Å². The highest BCUT2D eigenvalue weighted by molar-refractivity contribution is 5.66. The SMILES string of the molecule is C[C@H](CCC(=O)O)[C@H]1CC[C@@H]2[C@@H]3CCC4CCCC[C@]4(C)[C@H]3CC[C@@]21C. The Morgan fingerprint density at radius 2 is 1.73 bits per heavy atom. The second-order valence-electron chi connectivity index (χ2n) is 11.0. The first-order chi connectivity index (χ1) is 12.4. The molecule has 4 fully saturated rings. The zero-order valence-corrected chi connectivity index (χ0v) is 17.3. The Morgan fingerprint density at radius 1 is 0.962 bits per heavy atom. The fourth-order valence-electron chi connectivity index (χ4n) is 8.82. The molecule has 0 saturated heterocycles. The smallest absolute Gasteiger partial charge is 0.303 e. The molecule has 0 bridgehead atoms. The van der Waals surface area contributed by atoms with E-state index in [1.807, 2.05) is 0 Å². The van der Waals surface area contributed by atoms with Gasteiger partial charge in [-0.3, -0.25) is 4.79 Å². The van der Waals surface area contributed by atoms with Crippen molar-refractivity contribution < 1.29 is 9.90 Å². The highest BCUT2D eigenvalue weighted by Gasteiger charge is 2.60. The lowest BCUT2D eigenvalue weighted by Gasteiger charge is -2.61. The summed E-state index contributed by atoms with van der Waals surface area (Å²) in [6.07, 6.45) is 15.7. The molecule has 26 heavy (non-hydrogen) atoms. The molecule has 0 amide bonds. The Hall–Kier alpha value is -0.530. The summed E-state index contributed by atoms with van der Waals surface area (Å²) in [5, 5.41) is 9.09. The van der Waals surface area contributed by atoms with Crippen LogP contribution < -0.4 is 0 Å². The fraction of sp³-hybridized carbons (Fsp3) is 0.958. The third-order valence-electron chi connectivity index (χ3n) is 10.2. The molecule has 0 heterocycles. The quantitative estimate of drug-likeness (QED) is 0.618. The van der Waals surface area contributed by atoms with Gasteiger partial charge in [0, 0.05) is 6.42 Å². The monoisotopic (exact) mass is 360 g/mol. The van der Waals surface area contributed by atoms with Crippen LogP contribution in [0.5, 0.6) is 0 Å². The maximum atomic E-state index is 11.0. The fourth-order valence-corrected chi connectivity index (χ4v) is 8.82. The molecule has 148 valence electrons. The van der Waals surface area contributed by atoms with Gasteiger partial charge in [0.25, 0.3) is 0 Å². The van der Waals surface area contributed by atoms with Gasteiger partial charge < -0.3 is 5.11 Å². The minimum Gasteiger partial charge on any atom is -0.481 e. The number of fused-ring (bicyclic) bond motifs is 5. The Balaban J connectivity index is 1.52. The summed E-state index contributed by atoms with van der Waals surface area (Å²) in [5.41, 5.74) is 1.12. The molecule has 0 aliphatic heterocycles. The van der Waals surface area contributed by atoms with Crippen LogP contribution in [0.15, 0.2) is 0 Å². The molecule has 4 aliphatic rings. The molecule has 1 N–H and O–H groups in total. The second kappa shape index (κ2) is 6.82. The van der Waals surface area contributed by atoms with Gasteiger partial charge in [-0.2, -0.15) is 0 Å². The van der Waals surface area contributed by atoms with Crippen molar-refractivity contribution in [2.45, 2.75) is 97.8 Å². The third kappa shape index (κ3) is 2.85. The molecule has 4 aliphatic carbocycles. The molecular weight excluding hydrogens is 320 g/mol. The molecule has 2 nitrogen and oxygen atoms in total. The van der Waals surface area contributed by atoms with Crippen molar-refractivity contribution in [1.29, 1.82) is 0 Å². The molecule has 8 atom stereocenters. The minimum absolute atomic E-state index is 0.351. The van der Waals surface area contributed by atoms with E-state index in [0.717, 1.165) is 36.0 Å². The standard InChI is InChI=1S/C24H40O2/c1-16(7-12-22(25)26)19-10-11-20-18-9-8-17-6-4-5-14-23(17,2)21(18)13-15-24(19,20)3/h16-21H,4-15H2,1-3H3,(H,25,26)/t16-,17?,18+,19-,20-,21+,23+,24-/m1/s1. The second-order valence-corrected chi connectivity index (χ2v) is 11.0. The van der Waals surface area contributed by atoms with Gasteiger partial charge in [0.05, 0.1) is 0 Å². The molecule has 4 rings (SSSR count). The molecule has 0 aromatic carbocycles. The maximum Gasteiger partial charge on any atom is 0.303 e. The van der Waals surface area contributed by atoms with Gasteiger partial charge in [0.1, 0.15) is 0 Å². The summed E-state index contributed by atoms with van der Waals surface area (Å²) in [5.74, 6) is 4.57. The van der Waals surface area contributed by atoms with Gasteiger partial charge in [-0.1, -0.05) is 33.6 Å². The number of rotatable bonds is 4. The van der Waals surface area contributed by atoms with E-state index in [2.05, 4.69) is 20.8 Å². The predicted octanol–water partition coefficient (Wildman–Crippen LogP) is 6.54. The first-order valence-electron chi connectivity index (χ1n) is 11.6. The molecule has 4 saturated carbocycles. The lowest BCUT2D eigenvalue weighted by atomic mass is 9.44. The van der Waals surface area contributed by atoms with Crippen LogP contribution >= 0.6 is 0 Å². The van der Waals surface area contributed by atoms with Crippen LogP contribution in [0, 0.1) is 46.3 Å². The van der Waals surface area contributed by atoms with E-state index in [0.29, 0.717) is 23.2 Å². The largest absolute Gasteiger partial charge is 0.481 e. The molecule has 0 spiro atoms. The molecule has 0 aromatic heterocycles.